The maximum Gasteiger partial charge on any atom is 0.229 e. The minimum atomic E-state index is -0.259. The normalized spacial score (nSPS) is 10.1. The molecule has 0 unspecified atom stereocenters. The van der Waals surface area contributed by atoms with E-state index in [2.05, 4.69) is 11.9 Å². The maximum absolute atomic E-state index is 11.9. The summed E-state index contributed by atoms with van der Waals surface area (Å²) in [6.45, 7) is 3.46. The molecular weight excluding hydrogens is 300 g/mol. The Balaban J connectivity index is 2.41. The number of halogens is 1. The number of benzene rings is 2. The second kappa shape index (κ2) is 7.00. The van der Waals surface area contributed by atoms with Gasteiger partial charge in [0.05, 0.1) is 19.4 Å². The van der Waals surface area contributed by atoms with Crippen LogP contribution in [0.25, 0.3) is 11.1 Å². The lowest BCUT2D eigenvalue weighted by Crippen LogP contribution is -2.28. The van der Waals surface area contributed by atoms with E-state index < -0.39 is 0 Å². The van der Waals surface area contributed by atoms with E-state index in [0.29, 0.717) is 5.02 Å². The summed E-state index contributed by atoms with van der Waals surface area (Å²) in [5.41, 5.74) is 7.93. The summed E-state index contributed by atoms with van der Waals surface area (Å²) in [7, 11) is 1.61. The number of carbonyl (C=O) groups excluding carboxylic acids is 1. The van der Waals surface area contributed by atoms with Crippen LogP contribution in [0.2, 0.25) is 5.02 Å². The van der Waals surface area contributed by atoms with Gasteiger partial charge < -0.3 is 15.8 Å². The van der Waals surface area contributed by atoms with E-state index in [1.807, 2.05) is 36.4 Å². The third-order valence-electron chi connectivity index (χ3n) is 3.14. The van der Waals surface area contributed by atoms with Crippen molar-refractivity contribution in [2.24, 2.45) is 5.73 Å². The Morgan fingerprint density at radius 2 is 2.05 bits per heavy atom. The zero-order chi connectivity index (χ0) is 16.1. The number of methoxy groups -OCH3 is 1. The summed E-state index contributed by atoms with van der Waals surface area (Å²) in [6.07, 6.45) is 0.114. The van der Waals surface area contributed by atoms with E-state index in [-0.39, 0.29) is 18.1 Å². The summed E-state index contributed by atoms with van der Waals surface area (Å²) < 4.78 is 5.24. The molecule has 5 heteroatoms. The zero-order valence-electron chi connectivity index (χ0n) is 12.2. The molecule has 1 amide bonds. The molecule has 0 atom stereocenters. The predicted molar refractivity (Wildman–Crippen MR) is 88.6 cm³/mol. The molecule has 2 rings (SSSR count). The van der Waals surface area contributed by atoms with E-state index in [9.17, 15) is 4.79 Å². The number of nitrogens with two attached hydrogens (primary N) is 1. The van der Waals surface area contributed by atoms with Gasteiger partial charge in [0.2, 0.25) is 5.91 Å². The van der Waals surface area contributed by atoms with Gasteiger partial charge in [-0.15, -0.1) is 0 Å². The van der Waals surface area contributed by atoms with Gasteiger partial charge in [0.15, 0.2) is 0 Å². The lowest BCUT2D eigenvalue weighted by atomic mass is 9.97. The summed E-state index contributed by atoms with van der Waals surface area (Å²) in [6, 6.07) is 13.1. The molecule has 0 aliphatic rings. The molecule has 3 N–H and O–H groups in total. The van der Waals surface area contributed by atoms with Crippen molar-refractivity contribution in [3.63, 3.8) is 0 Å². The van der Waals surface area contributed by atoms with Gasteiger partial charge in [-0.2, -0.15) is 0 Å². The Hall–Kier alpha value is -2.46. The molecule has 0 bridgehead atoms. The fourth-order valence-electron chi connectivity index (χ4n) is 2.18. The second-order valence-corrected chi connectivity index (χ2v) is 5.16. The van der Waals surface area contributed by atoms with Crippen LogP contribution in [0.1, 0.15) is 5.56 Å². The topological polar surface area (TPSA) is 64.3 Å². The van der Waals surface area contributed by atoms with Crippen LogP contribution in [0.15, 0.2) is 54.9 Å². The van der Waals surface area contributed by atoms with Gasteiger partial charge in [0, 0.05) is 5.02 Å². The average Bonchev–Trinajstić information content (AvgIpc) is 2.48. The number of hydrogen-bond acceptors (Lipinski definition) is 3. The second-order valence-electron chi connectivity index (χ2n) is 4.75. The van der Waals surface area contributed by atoms with Gasteiger partial charge in [0.1, 0.15) is 5.75 Å². The van der Waals surface area contributed by atoms with Crippen molar-refractivity contribution in [2.45, 2.75) is 6.42 Å². The van der Waals surface area contributed by atoms with Crippen molar-refractivity contribution >= 4 is 17.5 Å². The van der Waals surface area contributed by atoms with E-state index >= 15 is 0 Å². The highest BCUT2D eigenvalue weighted by Crippen LogP contribution is 2.31. The molecule has 0 fully saturated rings. The van der Waals surface area contributed by atoms with Crippen molar-refractivity contribution in [3.05, 3.63) is 65.5 Å². The van der Waals surface area contributed by atoms with Crippen molar-refractivity contribution < 1.29 is 9.53 Å². The van der Waals surface area contributed by atoms with Crippen LogP contribution in [0, 0.1) is 0 Å². The summed E-state index contributed by atoms with van der Waals surface area (Å²) in [4.78, 5) is 11.9. The summed E-state index contributed by atoms with van der Waals surface area (Å²) in [5.74, 6) is 0.591. The molecule has 114 valence electrons. The monoisotopic (exact) mass is 316 g/mol. The number of rotatable bonds is 5. The van der Waals surface area contributed by atoms with Gasteiger partial charge in [0.25, 0.3) is 0 Å². The molecular formula is C17H17ClN2O2. The van der Waals surface area contributed by atoms with E-state index in [1.54, 1.807) is 13.2 Å². The molecule has 0 heterocycles. The van der Waals surface area contributed by atoms with Crippen LogP contribution in [-0.2, 0) is 11.2 Å². The first-order valence-corrected chi connectivity index (χ1v) is 7.05. The average molecular weight is 317 g/mol. The smallest absolute Gasteiger partial charge is 0.229 e. The predicted octanol–water partition coefficient (Wildman–Crippen LogP) is 3.10. The van der Waals surface area contributed by atoms with Crippen LogP contribution in [0.5, 0.6) is 5.75 Å². The molecule has 0 saturated carbocycles. The van der Waals surface area contributed by atoms with Crippen molar-refractivity contribution in [1.29, 1.82) is 0 Å². The summed E-state index contributed by atoms with van der Waals surface area (Å²) in [5, 5.41) is 3.01. The molecule has 0 aromatic heterocycles. The van der Waals surface area contributed by atoms with Crippen LogP contribution >= 0.6 is 11.6 Å². The highest BCUT2D eigenvalue weighted by Gasteiger charge is 2.13. The molecule has 0 radical (unpaired) electrons. The Labute approximate surface area is 134 Å². The fraction of sp³-hybridized carbons (Fsp3) is 0.118. The number of hydrogen-bond donors (Lipinski definition) is 2. The van der Waals surface area contributed by atoms with Crippen molar-refractivity contribution in [1.82, 2.24) is 5.32 Å². The third kappa shape index (κ3) is 3.80. The first kappa shape index (κ1) is 15.9. The SMILES string of the molecule is C=C(N)NC(=O)Cc1c(Cl)cccc1-c1cccc(OC)c1. The molecule has 0 aliphatic heterocycles. The van der Waals surface area contributed by atoms with Gasteiger partial charge in [-0.3, -0.25) is 4.79 Å². The maximum atomic E-state index is 11.9. The third-order valence-corrected chi connectivity index (χ3v) is 3.49. The highest BCUT2D eigenvalue weighted by atomic mass is 35.5. The number of ether oxygens (including phenoxy) is 1. The van der Waals surface area contributed by atoms with Crippen LogP contribution in [0.4, 0.5) is 0 Å². The molecule has 2 aromatic carbocycles. The van der Waals surface area contributed by atoms with Crippen LogP contribution < -0.4 is 15.8 Å². The minimum absolute atomic E-state index is 0.111. The highest BCUT2D eigenvalue weighted by molar-refractivity contribution is 6.32. The molecule has 0 spiro atoms. The summed E-state index contributed by atoms with van der Waals surface area (Å²) >= 11 is 6.27. The van der Waals surface area contributed by atoms with Gasteiger partial charge in [-0.05, 0) is 34.9 Å². The standard InChI is InChI=1S/C17H17ClN2O2/c1-11(19)20-17(21)10-15-14(7-4-8-16(15)18)12-5-3-6-13(9-12)22-2/h3-9H,1,10,19H2,2H3,(H,20,21). The van der Waals surface area contributed by atoms with Crippen LogP contribution in [-0.4, -0.2) is 13.0 Å². The molecule has 4 nitrogen and oxygen atoms in total. The fourth-order valence-corrected chi connectivity index (χ4v) is 2.42. The first-order chi connectivity index (χ1) is 10.5. The van der Waals surface area contributed by atoms with Crippen LogP contribution in [0.3, 0.4) is 0 Å². The van der Waals surface area contributed by atoms with Gasteiger partial charge in [-0.25, -0.2) is 0 Å². The quantitative estimate of drug-likeness (QED) is 0.891. The Bertz CT molecular complexity index is 714. The van der Waals surface area contributed by atoms with Gasteiger partial charge >= 0.3 is 0 Å². The van der Waals surface area contributed by atoms with Crippen molar-refractivity contribution in [2.75, 3.05) is 7.11 Å². The zero-order valence-corrected chi connectivity index (χ0v) is 13.0. The Kier molecular flexibility index (Phi) is 5.07. The van der Waals surface area contributed by atoms with E-state index in [0.717, 1.165) is 22.4 Å². The number of carbonyl (C=O) groups is 1. The molecule has 2 aromatic rings. The molecule has 22 heavy (non-hydrogen) atoms. The Morgan fingerprint density at radius 3 is 2.73 bits per heavy atom. The van der Waals surface area contributed by atoms with Gasteiger partial charge in [-0.1, -0.05) is 42.4 Å². The molecule has 0 aliphatic carbocycles. The first-order valence-electron chi connectivity index (χ1n) is 6.67. The lowest BCUT2D eigenvalue weighted by Gasteiger charge is -2.13. The lowest BCUT2D eigenvalue weighted by molar-refractivity contribution is -0.119. The van der Waals surface area contributed by atoms with Crippen molar-refractivity contribution in [3.8, 4) is 16.9 Å². The number of nitrogens with one attached hydrogen (secondary N) is 1. The largest absolute Gasteiger partial charge is 0.497 e. The van der Waals surface area contributed by atoms with E-state index in [4.69, 9.17) is 22.1 Å². The molecule has 0 saturated heterocycles. The number of amides is 1. The Morgan fingerprint density at radius 1 is 1.32 bits per heavy atom. The van der Waals surface area contributed by atoms with E-state index in [1.165, 1.54) is 0 Å². The minimum Gasteiger partial charge on any atom is -0.497 e.